The van der Waals surface area contributed by atoms with Crippen LogP contribution in [0.3, 0.4) is 0 Å². The summed E-state index contributed by atoms with van der Waals surface area (Å²) in [5, 5.41) is 5.65. The van der Waals surface area contributed by atoms with Gasteiger partial charge < -0.3 is 5.32 Å². The minimum Gasteiger partial charge on any atom is -0.316 e. The Labute approximate surface area is 101 Å². The van der Waals surface area contributed by atoms with Crippen LogP contribution in [0.2, 0.25) is 0 Å². The Bertz CT molecular complexity index is 265. The standard InChI is InChI=1S/C12H19NS2/c1-13-11(10-5-2-3-6-10)9-15-12-7-4-8-14-12/h4,7-8,10-11,13H,2-3,5-6,9H2,1H3. The van der Waals surface area contributed by atoms with E-state index < -0.39 is 0 Å². The SMILES string of the molecule is CNC(CSc1cccs1)C1CCCC1. The van der Waals surface area contributed by atoms with Crippen LogP contribution in [0.4, 0.5) is 0 Å². The summed E-state index contributed by atoms with van der Waals surface area (Å²) < 4.78 is 1.45. The van der Waals surface area contributed by atoms with E-state index in [1.807, 2.05) is 23.1 Å². The first-order valence-electron chi connectivity index (χ1n) is 5.73. The average molecular weight is 241 g/mol. The lowest BCUT2D eigenvalue weighted by Gasteiger charge is -2.22. The fraction of sp³-hybridized carbons (Fsp3) is 0.667. The fourth-order valence-corrected chi connectivity index (χ4v) is 4.38. The van der Waals surface area contributed by atoms with E-state index in [-0.39, 0.29) is 0 Å². The van der Waals surface area contributed by atoms with Crippen LogP contribution in [0, 0.1) is 5.92 Å². The van der Waals surface area contributed by atoms with Crippen molar-refractivity contribution in [3.63, 3.8) is 0 Å². The first-order chi connectivity index (χ1) is 7.40. The van der Waals surface area contributed by atoms with E-state index in [4.69, 9.17) is 0 Å². The Hall–Kier alpha value is 0.01000. The zero-order valence-electron chi connectivity index (χ0n) is 9.24. The number of rotatable bonds is 5. The van der Waals surface area contributed by atoms with Crippen molar-refractivity contribution in [1.29, 1.82) is 0 Å². The molecule has 0 aromatic carbocycles. The van der Waals surface area contributed by atoms with E-state index in [0.29, 0.717) is 6.04 Å². The molecule has 0 saturated heterocycles. The van der Waals surface area contributed by atoms with Crippen molar-refractivity contribution < 1.29 is 0 Å². The highest BCUT2D eigenvalue weighted by atomic mass is 32.2. The van der Waals surface area contributed by atoms with Crippen LogP contribution in [-0.4, -0.2) is 18.8 Å². The summed E-state index contributed by atoms with van der Waals surface area (Å²) in [5.41, 5.74) is 0. The van der Waals surface area contributed by atoms with Crippen LogP contribution in [0.5, 0.6) is 0 Å². The van der Waals surface area contributed by atoms with Gasteiger partial charge in [0.25, 0.3) is 0 Å². The number of hydrogen-bond donors (Lipinski definition) is 1. The van der Waals surface area contributed by atoms with Crippen molar-refractivity contribution in [3.8, 4) is 0 Å². The van der Waals surface area contributed by atoms with Crippen LogP contribution in [0.1, 0.15) is 25.7 Å². The van der Waals surface area contributed by atoms with Gasteiger partial charge in [-0.25, -0.2) is 0 Å². The lowest BCUT2D eigenvalue weighted by atomic mass is 10.0. The molecule has 1 aliphatic rings. The number of nitrogens with one attached hydrogen (secondary N) is 1. The highest BCUT2D eigenvalue weighted by Crippen LogP contribution is 2.31. The lowest BCUT2D eigenvalue weighted by molar-refractivity contribution is 0.410. The zero-order chi connectivity index (χ0) is 10.5. The molecule has 2 rings (SSSR count). The van der Waals surface area contributed by atoms with Gasteiger partial charge in [-0.2, -0.15) is 0 Å². The molecule has 1 aromatic heterocycles. The summed E-state index contributed by atoms with van der Waals surface area (Å²) in [7, 11) is 2.11. The molecule has 1 N–H and O–H groups in total. The molecule has 0 spiro atoms. The summed E-state index contributed by atoms with van der Waals surface area (Å²) in [6.45, 7) is 0. The monoisotopic (exact) mass is 241 g/mol. The Morgan fingerprint density at radius 2 is 2.33 bits per heavy atom. The third kappa shape index (κ3) is 3.23. The molecule has 15 heavy (non-hydrogen) atoms. The topological polar surface area (TPSA) is 12.0 Å². The summed E-state index contributed by atoms with van der Waals surface area (Å²) in [6.07, 6.45) is 5.73. The normalized spacial score (nSPS) is 19.5. The van der Waals surface area contributed by atoms with Crippen molar-refractivity contribution in [1.82, 2.24) is 5.32 Å². The maximum atomic E-state index is 3.49. The van der Waals surface area contributed by atoms with Crippen molar-refractivity contribution in [3.05, 3.63) is 17.5 Å². The predicted molar refractivity (Wildman–Crippen MR) is 69.8 cm³/mol. The highest BCUT2D eigenvalue weighted by molar-refractivity contribution is 8.01. The van der Waals surface area contributed by atoms with Crippen LogP contribution < -0.4 is 5.32 Å². The molecule has 1 atom stereocenters. The molecule has 0 amide bonds. The van der Waals surface area contributed by atoms with Crippen molar-refractivity contribution in [2.24, 2.45) is 5.92 Å². The number of thiophene rings is 1. The lowest BCUT2D eigenvalue weighted by Crippen LogP contribution is -2.34. The minimum atomic E-state index is 0.708. The maximum absolute atomic E-state index is 3.49. The molecule has 0 radical (unpaired) electrons. The van der Waals surface area contributed by atoms with Gasteiger partial charge in [0.1, 0.15) is 0 Å². The van der Waals surface area contributed by atoms with Crippen LogP contribution in [0.25, 0.3) is 0 Å². The predicted octanol–water partition coefficient (Wildman–Crippen LogP) is 3.62. The number of thioether (sulfide) groups is 1. The summed E-state index contributed by atoms with van der Waals surface area (Å²) >= 11 is 3.86. The summed E-state index contributed by atoms with van der Waals surface area (Å²) in [4.78, 5) is 0. The molecule has 0 bridgehead atoms. The second-order valence-electron chi connectivity index (χ2n) is 4.18. The highest BCUT2D eigenvalue weighted by Gasteiger charge is 2.23. The van der Waals surface area contributed by atoms with Gasteiger partial charge in [-0.1, -0.05) is 18.9 Å². The molecule has 84 valence electrons. The zero-order valence-corrected chi connectivity index (χ0v) is 10.9. The molecule has 1 heterocycles. The van der Waals surface area contributed by atoms with E-state index in [9.17, 15) is 0 Å². The van der Waals surface area contributed by atoms with Gasteiger partial charge in [0, 0.05) is 11.8 Å². The van der Waals surface area contributed by atoms with Gasteiger partial charge in [-0.3, -0.25) is 0 Å². The van der Waals surface area contributed by atoms with Gasteiger partial charge in [0.05, 0.1) is 4.21 Å². The van der Waals surface area contributed by atoms with Gasteiger partial charge in [-0.15, -0.1) is 23.1 Å². The first kappa shape index (κ1) is 11.5. The van der Waals surface area contributed by atoms with Crippen molar-refractivity contribution >= 4 is 23.1 Å². The molecule has 0 aliphatic heterocycles. The van der Waals surface area contributed by atoms with Crippen molar-refractivity contribution in [2.75, 3.05) is 12.8 Å². The molecular formula is C12H19NS2. The third-order valence-electron chi connectivity index (χ3n) is 3.24. The smallest absolute Gasteiger partial charge is 0.0599 e. The maximum Gasteiger partial charge on any atom is 0.0599 e. The molecular weight excluding hydrogens is 222 g/mol. The molecule has 1 unspecified atom stereocenters. The Balaban J connectivity index is 1.80. The molecule has 1 saturated carbocycles. The van der Waals surface area contributed by atoms with Crippen LogP contribution in [0.15, 0.2) is 21.7 Å². The number of hydrogen-bond acceptors (Lipinski definition) is 3. The Kier molecular flexibility index (Phi) is 4.54. The summed E-state index contributed by atoms with van der Waals surface area (Å²) in [5.74, 6) is 2.14. The minimum absolute atomic E-state index is 0.708. The Morgan fingerprint density at radius 3 is 2.93 bits per heavy atom. The second kappa shape index (κ2) is 5.92. The van der Waals surface area contributed by atoms with E-state index in [0.717, 1.165) is 5.92 Å². The van der Waals surface area contributed by atoms with E-state index in [1.165, 1.54) is 35.6 Å². The molecule has 3 heteroatoms. The van der Waals surface area contributed by atoms with Crippen LogP contribution in [-0.2, 0) is 0 Å². The Morgan fingerprint density at radius 1 is 1.53 bits per heavy atom. The second-order valence-corrected chi connectivity index (χ2v) is 6.45. The molecule has 1 aliphatic carbocycles. The van der Waals surface area contributed by atoms with Crippen LogP contribution >= 0.6 is 23.1 Å². The van der Waals surface area contributed by atoms with E-state index in [1.54, 1.807) is 0 Å². The van der Waals surface area contributed by atoms with E-state index >= 15 is 0 Å². The molecule has 1 nitrogen and oxygen atoms in total. The van der Waals surface area contributed by atoms with Gasteiger partial charge in [0.15, 0.2) is 0 Å². The summed E-state index contributed by atoms with van der Waals surface area (Å²) in [6, 6.07) is 5.06. The van der Waals surface area contributed by atoms with Gasteiger partial charge in [-0.05, 0) is 37.3 Å². The quantitative estimate of drug-likeness (QED) is 0.790. The first-order valence-corrected chi connectivity index (χ1v) is 7.60. The average Bonchev–Trinajstić information content (AvgIpc) is 2.90. The van der Waals surface area contributed by atoms with Gasteiger partial charge in [0.2, 0.25) is 0 Å². The fourth-order valence-electron chi connectivity index (χ4n) is 2.33. The van der Waals surface area contributed by atoms with Gasteiger partial charge >= 0.3 is 0 Å². The molecule has 1 aromatic rings. The molecule has 1 fully saturated rings. The van der Waals surface area contributed by atoms with Crippen molar-refractivity contribution in [2.45, 2.75) is 35.9 Å². The third-order valence-corrected chi connectivity index (χ3v) is 5.49. The van der Waals surface area contributed by atoms with E-state index in [2.05, 4.69) is 29.9 Å². The largest absolute Gasteiger partial charge is 0.316 e.